The molecule has 2 aromatic rings. The lowest BCUT2D eigenvalue weighted by atomic mass is 10.1. The number of phenolic OH excluding ortho intramolecular Hbond substituents is 1. The topological polar surface area (TPSA) is 61.4 Å². The second-order valence-electron chi connectivity index (χ2n) is 4.95. The zero-order valence-electron chi connectivity index (χ0n) is 12.3. The number of nitrogens with one attached hydrogen (secondary N) is 2. The third-order valence-electron chi connectivity index (χ3n) is 3.25. The van der Waals surface area contributed by atoms with Crippen LogP contribution in [0.2, 0.25) is 5.02 Å². The molecule has 0 aliphatic rings. The fourth-order valence-electron chi connectivity index (χ4n) is 2.04. The lowest BCUT2D eigenvalue weighted by Gasteiger charge is -2.13. The van der Waals surface area contributed by atoms with Crippen LogP contribution in [0.1, 0.15) is 21.5 Å². The number of hydrazine groups is 1. The van der Waals surface area contributed by atoms with Gasteiger partial charge in [-0.3, -0.25) is 10.2 Å². The molecule has 1 amide bonds. The van der Waals surface area contributed by atoms with Crippen molar-refractivity contribution in [2.24, 2.45) is 0 Å². The van der Waals surface area contributed by atoms with Gasteiger partial charge in [-0.05, 0) is 42.3 Å². The van der Waals surface area contributed by atoms with Gasteiger partial charge in [-0.2, -0.15) is 13.2 Å². The first-order valence-corrected chi connectivity index (χ1v) is 7.33. The molecule has 3 N–H and O–H groups in total. The summed E-state index contributed by atoms with van der Waals surface area (Å²) in [7, 11) is 0. The van der Waals surface area contributed by atoms with Crippen molar-refractivity contribution in [1.82, 2.24) is 10.9 Å². The van der Waals surface area contributed by atoms with E-state index in [1.165, 1.54) is 24.3 Å². The normalized spacial score (nSPS) is 11.3. The highest BCUT2D eigenvalue weighted by Crippen LogP contribution is 2.37. The van der Waals surface area contributed by atoms with E-state index in [2.05, 4.69) is 10.9 Å². The van der Waals surface area contributed by atoms with Crippen LogP contribution in [0.3, 0.4) is 0 Å². The summed E-state index contributed by atoms with van der Waals surface area (Å²) in [6.07, 6.45) is -4.51. The summed E-state index contributed by atoms with van der Waals surface area (Å²) >= 11 is 5.72. The SMILES string of the molecule is O=C(NNCCc1cccc(C(F)(F)F)c1O)c1ccc(Cl)cc1. The second-order valence-corrected chi connectivity index (χ2v) is 5.39. The number of carbonyl (C=O) groups is 1. The number of carbonyl (C=O) groups excluding carboxylic acids is 1. The fourth-order valence-corrected chi connectivity index (χ4v) is 2.16. The van der Waals surface area contributed by atoms with Crippen molar-refractivity contribution < 1.29 is 23.1 Å². The summed E-state index contributed by atoms with van der Waals surface area (Å²) in [6, 6.07) is 9.65. The molecule has 0 atom stereocenters. The molecule has 0 fully saturated rings. The molecule has 0 heterocycles. The highest BCUT2D eigenvalue weighted by atomic mass is 35.5. The van der Waals surface area contributed by atoms with Crippen molar-refractivity contribution in [3.8, 4) is 5.75 Å². The average Bonchev–Trinajstić information content (AvgIpc) is 2.52. The molecule has 128 valence electrons. The van der Waals surface area contributed by atoms with E-state index in [0.29, 0.717) is 10.6 Å². The van der Waals surface area contributed by atoms with Gasteiger partial charge in [0.1, 0.15) is 5.75 Å². The Labute approximate surface area is 141 Å². The van der Waals surface area contributed by atoms with Crippen molar-refractivity contribution in [3.05, 3.63) is 64.2 Å². The molecule has 0 bridgehead atoms. The highest BCUT2D eigenvalue weighted by molar-refractivity contribution is 6.30. The molecular weight excluding hydrogens is 345 g/mol. The summed E-state index contributed by atoms with van der Waals surface area (Å²) in [5.41, 5.74) is 4.47. The van der Waals surface area contributed by atoms with Gasteiger partial charge in [-0.1, -0.05) is 23.7 Å². The molecule has 0 unspecified atom stereocenters. The summed E-state index contributed by atoms with van der Waals surface area (Å²) in [4.78, 5) is 11.8. The number of para-hydroxylation sites is 1. The number of hydrogen-bond donors (Lipinski definition) is 3. The minimum atomic E-state index is -4.61. The molecule has 0 aliphatic heterocycles. The van der Waals surface area contributed by atoms with Gasteiger partial charge in [-0.15, -0.1) is 0 Å². The molecule has 2 rings (SSSR count). The van der Waals surface area contributed by atoms with E-state index in [9.17, 15) is 23.1 Å². The van der Waals surface area contributed by atoms with E-state index in [0.717, 1.165) is 6.07 Å². The molecular formula is C16H14ClF3N2O2. The zero-order valence-corrected chi connectivity index (χ0v) is 13.1. The van der Waals surface area contributed by atoms with E-state index in [1.807, 2.05) is 0 Å². The Bertz CT molecular complexity index is 718. The Balaban J connectivity index is 1.89. The smallest absolute Gasteiger partial charge is 0.419 e. The molecule has 0 saturated carbocycles. The van der Waals surface area contributed by atoms with Crippen LogP contribution in [0.25, 0.3) is 0 Å². The first-order valence-electron chi connectivity index (χ1n) is 6.96. The van der Waals surface area contributed by atoms with Crippen molar-refractivity contribution in [1.29, 1.82) is 0 Å². The van der Waals surface area contributed by atoms with E-state index in [-0.39, 0.29) is 18.5 Å². The zero-order chi connectivity index (χ0) is 17.7. The average molecular weight is 359 g/mol. The number of phenols is 1. The van der Waals surface area contributed by atoms with Crippen LogP contribution in [-0.4, -0.2) is 17.6 Å². The van der Waals surface area contributed by atoms with Crippen LogP contribution in [-0.2, 0) is 12.6 Å². The van der Waals surface area contributed by atoms with Crippen molar-refractivity contribution in [3.63, 3.8) is 0 Å². The van der Waals surface area contributed by atoms with Gasteiger partial charge < -0.3 is 5.11 Å². The third kappa shape index (κ3) is 4.62. The minimum Gasteiger partial charge on any atom is -0.507 e. The number of alkyl halides is 3. The van der Waals surface area contributed by atoms with Gasteiger partial charge in [0.2, 0.25) is 0 Å². The number of halogens is 4. The maximum Gasteiger partial charge on any atom is 0.419 e. The Morgan fingerprint density at radius 2 is 1.79 bits per heavy atom. The van der Waals surface area contributed by atoms with E-state index in [1.54, 1.807) is 12.1 Å². The Kier molecular flexibility index (Phi) is 5.69. The van der Waals surface area contributed by atoms with Crippen LogP contribution in [0, 0.1) is 0 Å². The molecule has 24 heavy (non-hydrogen) atoms. The number of benzene rings is 2. The predicted octanol–water partition coefficient (Wildman–Crippen LogP) is 3.54. The van der Waals surface area contributed by atoms with Crippen molar-refractivity contribution in [2.45, 2.75) is 12.6 Å². The van der Waals surface area contributed by atoms with Crippen molar-refractivity contribution >= 4 is 17.5 Å². The molecule has 0 radical (unpaired) electrons. The number of amides is 1. The quantitative estimate of drug-likeness (QED) is 0.566. The molecule has 0 spiro atoms. The van der Waals surface area contributed by atoms with Gasteiger partial charge in [-0.25, -0.2) is 5.43 Å². The first-order chi connectivity index (χ1) is 11.3. The molecule has 0 aliphatic carbocycles. The van der Waals surface area contributed by atoms with E-state index < -0.39 is 23.4 Å². The van der Waals surface area contributed by atoms with Gasteiger partial charge in [0.05, 0.1) is 5.56 Å². The largest absolute Gasteiger partial charge is 0.507 e. The van der Waals surface area contributed by atoms with Crippen LogP contribution < -0.4 is 10.9 Å². The summed E-state index contributed by atoms with van der Waals surface area (Å²) < 4.78 is 38.1. The Hall–Kier alpha value is -2.25. The second kappa shape index (κ2) is 7.55. The molecule has 2 aromatic carbocycles. The first kappa shape index (κ1) is 18.1. The van der Waals surface area contributed by atoms with Crippen LogP contribution >= 0.6 is 11.6 Å². The van der Waals surface area contributed by atoms with Gasteiger partial charge in [0.25, 0.3) is 5.91 Å². The lowest BCUT2D eigenvalue weighted by molar-refractivity contribution is -0.138. The Morgan fingerprint density at radius 3 is 2.42 bits per heavy atom. The van der Waals surface area contributed by atoms with Gasteiger partial charge in [0.15, 0.2) is 0 Å². The van der Waals surface area contributed by atoms with Crippen LogP contribution in [0.4, 0.5) is 13.2 Å². The predicted molar refractivity (Wildman–Crippen MR) is 83.7 cm³/mol. The minimum absolute atomic E-state index is 0.108. The van der Waals surface area contributed by atoms with Gasteiger partial charge >= 0.3 is 6.18 Å². The molecule has 4 nitrogen and oxygen atoms in total. The lowest BCUT2D eigenvalue weighted by Crippen LogP contribution is -2.38. The molecule has 8 heteroatoms. The van der Waals surface area contributed by atoms with E-state index >= 15 is 0 Å². The number of hydrogen-bond acceptors (Lipinski definition) is 3. The molecule has 0 aromatic heterocycles. The molecule has 0 saturated heterocycles. The summed E-state index contributed by atoms with van der Waals surface area (Å²) in [5, 5.41) is 10.2. The highest BCUT2D eigenvalue weighted by Gasteiger charge is 2.34. The van der Waals surface area contributed by atoms with Crippen molar-refractivity contribution in [2.75, 3.05) is 6.54 Å². The van der Waals surface area contributed by atoms with Crippen LogP contribution in [0.5, 0.6) is 5.75 Å². The fraction of sp³-hybridized carbons (Fsp3) is 0.188. The standard InChI is InChI=1S/C16H14ClF3N2O2/c17-12-6-4-11(5-7-12)15(24)22-21-9-8-10-2-1-3-13(14(10)23)16(18,19)20/h1-7,21,23H,8-9H2,(H,22,24). The Morgan fingerprint density at radius 1 is 1.12 bits per heavy atom. The monoisotopic (exact) mass is 358 g/mol. The number of rotatable bonds is 5. The summed E-state index contributed by atoms with van der Waals surface area (Å²) in [5.74, 6) is -1.20. The van der Waals surface area contributed by atoms with Gasteiger partial charge in [0, 0.05) is 17.1 Å². The number of aromatic hydroxyl groups is 1. The van der Waals surface area contributed by atoms with Crippen LogP contribution in [0.15, 0.2) is 42.5 Å². The van der Waals surface area contributed by atoms with E-state index in [4.69, 9.17) is 11.6 Å². The maximum absolute atomic E-state index is 12.7. The maximum atomic E-state index is 12.7. The third-order valence-corrected chi connectivity index (χ3v) is 3.50. The summed E-state index contributed by atoms with van der Waals surface area (Å²) in [6.45, 7) is 0.147.